The normalized spacial score (nSPS) is 26.3. The number of benzene rings is 1. The van der Waals surface area contributed by atoms with Crippen LogP contribution in [0.5, 0.6) is 0 Å². The Morgan fingerprint density at radius 3 is 2.46 bits per heavy atom. The van der Waals surface area contributed by atoms with E-state index >= 15 is 0 Å². The molecule has 2 N–H and O–H groups in total. The van der Waals surface area contributed by atoms with Crippen LogP contribution in [0.4, 0.5) is 8.78 Å². The van der Waals surface area contributed by atoms with Crippen molar-refractivity contribution in [3.05, 3.63) is 35.9 Å². The van der Waals surface area contributed by atoms with Crippen molar-refractivity contribution in [3.8, 4) is 0 Å². The van der Waals surface area contributed by atoms with Gasteiger partial charge in [0.1, 0.15) is 12.1 Å². The molecule has 152 valence electrons. The number of carboxylic acids is 1. The third-order valence-corrected chi connectivity index (χ3v) is 6.06. The van der Waals surface area contributed by atoms with E-state index in [-0.39, 0.29) is 30.2 Å². The summed E-state index contributed by atoms with van der Waals surface area (Å²) in [5.74, 6) is -3.80. The molecule has 0 aromatic heterocycles. The molecule has 4 atom stereocenters. The SMILES string of the molecule is CC1(C)C2CN(C(=O)[C@H](Cc3ccccc3)NC(=O)C(F)(F)Cl)C(C(=O)O)C21. The fraction of sp³-hybridized carbons (Fsp3) is 0.526. The van der Waals surface area contributed by atoms with Gasteiger partial charge in [0.2, 0.25) is 5.91 Å². The van der Waals surface area contributed by atoms with Crippen LogP contribution in [0.3, 0.4) is 0 Å². The molecule has 1 saturated carbocycles. The number of aliphatic carboxylic acids is 1. The number of carbonyl (C=O) groups is 3. The minimum atomic E-state index is -4.17. The van der Waals surface area contributed by atoms with Crippen LogP contribution >= 0.6 is 11.6 Å². The van der Waals surface area contributed by atoms with E-state index in [1.165, 1.54) is 4.90 Å². The fourth-order valence-electron chi connectivity index (χ4n) is 4.29. The van der Waals surface area contributed by atoms with Crippen LogP contribution in [0.25, 0.3) is 0 Å². The number of nitrogens with zero attached hydrogens (tertiary/aromatic N) is 1. The van der Waals surface area contributed by atoms with Crippen LogP contribution in [0, 0.1) is 17.3 Å². The molecule has 1 heterocycles. The second kappa shape index (κ2) is 6.99. The first kappa shape index (κ1) is 20.5. The zero-order chi connectivity index (χ0) is 20.9. The van der Waals surface area contributed by atoms with Crippen molar-refractivity contribution in [1.29, 1.82) is 0 Å². The Kier molecular flexibility index (Phi) is 5.12. The summed E-state index contributed by atoms with van der Waals surface area (Å²) in [7, 11) is 0. The highest BCUT2D eigenvalue weighted by atomic mass is 35.5. The van der Waals surface area contributed by atoms with E-state index in [1.54, 1.807) is 30.3 Å². The van der Waals surface area contributed by atoms with Gasteiger partial charge in [0.25, 0.3) is 0 Å². The van der Waals surface area contributed by atoms with Gasteiger partial charge in [-0.2, -0.15) is 8.78 Å². The van der Waals surface area contributed by atoms with Gasteiger partial charge in [-0.25, -0.2) is 4.79 Å². The number of likely N-dealkylation sites (tertiary alicyclic amines) is 1. The van der Waals surface area contributed by atoms with Crippen molar-refractivity contribution >= 4 is 29.4 Å². The number of piperidine rings is 1. The summed E-state index contributed by atoms with van der Waals surface area (Å²) in [6, 6.07) is 6.16. The lowest BCUT2D eigenvalue weighted by Crippen LogP contribution is -2.56. The largest absolute Gasteiger partial charge is 0.480 e. The number of carboxylic acid groups (broad SMARTS) is 1. The van der Waals surface area contributed by atoms with Gasteiger partial charge in [0.15, 0.2) is 0 Å². The molecule has 2 aliphatic rings. The average molecular weight is 415 g/mol. The molecular formula is C19H21ClF2N2O4. The molecule has 1 saturated heterocycles. The van der Waals surface area contributed by atoms with Gasteiger partial charge in [-0.3, -0.25) is 9.59 Å². The molecule has 0 bridgehead atoms. The Balaban J connectivity index is 1.84. The third kappa shape index (κ3) is 3.70. The molecule has 3 unspecified atom stereocenters. The van der Waals surface area contributed by atoms with Gasteiger partial charge in [0.05, 0.1) is 0 Å². The minimum absolute atomic E-state index is 0.0279. The number of hydrogen-bond donors (Lipinski definition) is 2. The number of alkyl halides is 3. The maximum atomic E-state index is 13.2. The lowest BCUT2D eigenvalue weighted by Gasteiger charge is -2.32. The highest BCUT2D eigenvalue weighted by Crippen LogP contribution is 2.64. The standard InChI is InChI=1S/C19H21ClF2N2O4/c1-18(2)11-9-24(14(13(11)18)16(26)27)15(25)12(23-17(28)19(20,21)22)8-10-6-4-3-5-7-10/h3-7,11-14H,8-9H2,1-2H3,(H,23,28)(H,26,27)/t11?,12-,13?,14?/m0/s1. The van der Waals surface area contributed by atoms with Crippen molar-refractivity contribution in [1.82, 2.24) is 10.2 Å². The van der Waals surface area contributed by atoms with E-state index < -0.39 is 35.2 Å². The van der Waals surface area contributed by atoms with E-state index in [1.807, 2.05) is 19.2 Å². The Labute approximate surface area is 165 Å². The number of hydrogen-bond acceptors (Lipinski definition) is 3. The monoisotopic (exact) mass is 414 g/mol. The molecule has 6 nitrogen and oxygen atoms in total. The molecule has 9 heteroatoms. The summed E-state index contributed by atoms with van der Waals surface area (Å²) in [6.07, 6.45) is -0.0556. The molecule has 1 aliphatic carbocycles. The fourth-order valence-corrected chi connectivity index (χ4v) is 4.34. The second-order valence-electron chi connectivity index (χ2n) is 7.94. The predicted molar refractivity (Wildman–Crippen MR) is 96.8 cm³/mol. The molecule has 1 aromatic carbocycles. The summed E-state index contributed by atoms with van der Waals surface area (Å²) >= 11 is 4.78. The summed E-state index contributed by atoms with van der Waals surface area (Å²) < 4.78 is 26.3. The molecule has 2 fully saturated rings. The molecular weight excluding hydrogens is 394 g/mol. The second-order valence-corrected chi connectivity index (χ2v) is 8.42. The molecule has 0 radical (unpaired) electrons. The highest BCUT2D eigenvalue weighted by Gasteiger charge is 2.69. The first-order chi connectivity index (χ1) is 12.9. The minimum Gasteiger partial charge on any atom is -0.480 e. The van der Waals surface area contributed by atoms with Crippen LogP contribution in [0.2, 0.25) is 0 Å². The Bertz CT molecular complexity index is 797. The van der Waals surface area contributed by atoms with E-state index in [0.29, 0.717) is 5.56 Å². The van der Waals surface area contributed by atoms with Crippen molar-refractivity contribution in [3.63, 3.8) is 0 Å². The first-order valence-corrected chi connectivity index (χ1v) is 9.27. The summed E-state index contributed by atoms with van der Waals surface area (Å²) in [4.78, 5) is 37.7. The summed E-state index contributed by atoms with van der Waals surface area (Å²) in [5.41, 5.74) is 0.442. The van der Waals surface area contributed by atoms with Crippen LogP contribution < -0.4 is 5.32 Å². The van der Waals surface area contributed by atoms with Gasteiger partial charge >= 0.3 is 17.3 Å². The van der Waals surface area contributed by atoms with E-state index in [2.05, 4.69) is 0 Å². The topological polar surface area (TPSA) is 86.7 Å². The molecule has 28 heavy (non-hydrogen) atoms. The molecule has 1 aliphatic heterocycles. The third-order valence-electron chi connectivity index (χ3n) is 5.89. The van der Waals surface area contributed by atoms with Gasteiger partial charge < -0.3 is 15.3 Å². The zero-order valence-corrected chi connectivity index (χ0v) is 16.1. The number of rotatable bonds is 6. The maximum absolute atomic E-state index is 13.2. The van der Waals surface area contributed by atoms with Crippen LogP contribution in [-0.4, -0.2) is 51.8 Å². The van der Waals surface area contributed by atoms with Gasteiger partial charge in [-0.15, -0.1) is 0 Å². The van der Waals surface area contributed by atoms with E-state index in [9.17, 15) is 28.3 Å². The molecule has 3 rings (SSSR count). The number of fused-ring (bicyclic) bond motifs is 1. The molecule has 1 aromatic rings. The predicted octanol–water partition coefficient (Wildman–Crippen LogP) is 2.11. The lowest BCUT2D eigenvalue weighted by molar-refractivity contribution is -0.152. The quantitative estimate of drug-likeness (QED) is 0.698. The number of amides is 2. The van der Waals surface area contributed by atoms with Crippen LogP contribution in [-0.2, 0) is 20.8 Å². The van der Waals surface area contributed by atoms with Crippen molar-refractivity contribution in [2.45, 2.75) is 37.7 Å². The summed E-state index contributed by atoms with van der Waals surface area (Å²) in [6.45, 7) is 4.10. The summed E-state index contributed by atoms with van der Waals surface area (Å²) in [5, 5.41) is 7.44. The van der Waals surface area contributed by atoms with Gasteiger partial charge in [0, 0.05) is 18.9 Å². The zero-order valence-electron chi connectivity index (χ0n) is 15.4. The van der Waals surface area contributed by atoms with Gasteiger partial charge in [-0.1, -0.05) is 44.2 Å². The average Bonchev–Trinajstić information content (AvgIpc) is 2.96. The Morgan fingerprint density at radius 1 is 1.32 bits per heavy atom. The smallest absolute Gasteiger partial charge is 0.399 e. The van der Waals surface area contributed by atoms with Crippen molar-refractivity contribution < 1.29 is 28.3 Å². The van der Waals surface area contributed by atoms with E-state index in [4.69, 9.17) is 11.6 Å². The number of nitrogens with one attached hydrogen (secondary N) is 1. The van der Waals surface area contributed by atoms with Gasteiger partial charge in [-0.05, 0) is 28.5 Å². The molecule has 2 amide bonds. The van der Waals surface area contributed by atoms with E-state index in [0.717, 1.165) is 0 Å². The van der Waals surface area contributed by atoms with Crippen molar-refractivity contribution in [2.24, 2.45) is 17.3 Å². The van der Waals surface area contributed by atoms with Crippen LogP contribution in [0.15, 0.2) is 30.3 Å². The molecule has 0 spiro atoms. The first-order valence-electron chi connectivity index (χ1n) is 8.89. The number of carbonyl (C=O) groups excluding carboxylic acids is 2. The number of halogens is 3. The lowest BCUT2D eigenvalue weighted by atomic mass is 9.99. The Morgan fingerprint density at radius 2 is 1.93 bits per heavy atom. The Hall–Kier alpha value is -2.22. The van der Waals surface area contributed by atoms with Crippen molar-refractivity contribution in [2.75, 3.05) is 6.54 Å². The van der Waals surface area contributed by atoms with Crippen LogP contribution in [0.1, 0.15) is 19.4 Å². The highest BCUT2D eigenvalue weighted by molar-refractivity contribution is 6.32. The maximum Gasteiger partial charge on any atom is 0.399 e.